The van der Waals surface area contributed by atoms with E-state index in [0.717, 1.165) is 18.7 Å². The summed E-state index contributed by atoms with van der Waals surface area (Å²) in [6.45, 7) is 3.48. The summed E-state index contributed by atoms with van der Waals surface area (Å²) in [5.74, 6) is 0.636. The minimum atomic E-state index is -0.0594. The number of methoxy groups -OCH3 is 1. The molecular formula is C13H20BrN3O2. The topological polar surface area (TPSA) is 56.1 Å². The Balaban J connectivity index is 2.04. The molecular weight excluding hydrogens is 310 g/mol. The molecule has 6 heteroatoms. The van der Waals surface area contributed by atoms with Crippen LogP contribution < -0.4 is 10.9 Å². The first kappa shape index (κ1) is 14.5. The molecule has 0 saturated heterocycles. The van der Waals surface area contributed by atoms with Gasteiger partial charge in [-0.1, -0.05) is 0 Å². The largest absolute Gasteiger partial charge is 0.385 e. The van der Waals surface area contributed by atoms with Gasteiger partial charge in [0.25, 0.3) is 5.56 Å². The molecule has 2 rings (SSSR count). The highest BCUT2D eigenvalue weighted by molar-refractivity contribution is 9.10. The van der Waals surface area contributed by atoms with Crippen LogP contribution >= 0.6 is 15.9 Å². The number of halogens is 1. The number of hydrogen-bond donors (Lipinski definition) is 1. The fourth-order valence-corrected chi connectivity index (χ4v) is 2.29. The van der Waals surface area contributed by atoms with Crippen LogP contribution in [-0.2, 0) is 11.3 Å². The van der Waals surface area contributed by atoms with E-state index in [2.05, 4.69) is 33.3 Å². The zero-order valence-corrected chi connectivity index (χ0v) is 12.9. The molecule has 19 heavy (non-hydrogen) atoms. The van der Waals surface area contributed by atoms with E-state index in [4.69, 9.17) is 4.74 Å². The highest BCUT2D eigenvalue weighted by Gasteiger charge is 2.23. The number of nitrogens with one attached hydrogen (secondary N) is 1. The Morgan fingerprint density at radius 1 is 1.63 bits per heavy atom. The van der Waals surface area contributed by atoms with E-state index in [1.165, 1.54) is 12.8 Å². The van der Waals surface area contributed by atoms with E-state index >= 15 is 0 Å². The normalized spacial score (nSPS) is 16.4. The highest BCUT2D eigenvalue weighted by atomic mass is 79.9. The average molecular weight is 330 g/mol. The molecule has 1 atom stereocenters. The highest BCUT2D eigenvalue weighted by Crippen LogP contribution is 2.30. The van der Waals surface area contributed by atoms with Crippen LogP contribution in [0.5, 0.6) is 0 Å². The fourth-order valence-electron chi connectivity index (χ4n) is 1.87. The predicted molar refractivity (Wildman–Crippen MR) is 78.5 cm³/mol. The van der Waals surface area contributed by atoms with Crippen molar-refractivity contribution in [2.75, 3.05) is 19.0 Å². The fraction of sp³-hybridized carbons (Fsp3) is 0.692. The van der Waals surface area contributed by atoms with Crippen LogP contribution in [0.3, 0.4) is 0 Å². The quantitative estimate of drug-likeness (QED) is 0.833. The SMILES string of the molecule is COCCC(C)Nc1cnn(CC2CC2)c(=O)c1Br. The van der Waals surface area contributed by atoms with Gasteiger partial charge in [0.2, 0.25) is 0 Å². The van der Waals surface area contributed by atoms with Crippen molar-refractivity contribution in [2.45, 2.75) is 38.8 Å². The Labute approximate surface area is 121 Å². The van der Waals surface area contributed by atoms with Crippen LogP contribution in [0.4, 0.5) is 5.69 Å². The van der Waals surface area contributed by atoms with Gasteiger partial charge in [-0.2, -0.15) is 5.10 Å². The Kier molecular flexibility index (Phi) is 4.99. The summed E-state index contributed by atoms with van der Waals surface area (Å²) in [5.41, 5.74) is 0.691. The van der Waals surface area contributed by atoms with Crippen molar-refractivity contribution in [3.63, 3.8) is 0 Å². The maximum absolute atomic E-state index is 12.1. The molecule has 0 aromatic carbocycles. The maximum Gasteiger partial charge on any atom is 0.283 e. The lowest BCUT2D eigenvalue weighted by molar-refractivity contribution is 0.191. The Hall–Kier alpha value is -0.880. The van der Waals surface area contributed by atoms with Gasteiger partial charge in [0.1, 0.15) is 4.47 Å². The molecule has 0 bridgehead atoms. The number of ether oxygens (including phenoxy) is 1. The minimum Gasteiger partial charge on any atom is -0.385 e. The van der Waals surface area contributed by atoms with Gasteiger partial charge in [-0.05, 0) is 48.0 Å². The molecule has 1 aromatic heterocycles. The van der Waals surface area contributed by atoms with Crippen LogP contribution in [0.15, 0.2) is 15.5 Å². The molecule has 1 aliphatic rings. The Morgan fingerprint density at radius 2 is 2.37 bits per heavy atom. The average Bonchev–Trinajstić information content (AvgIpc) is 3.20. The lowest BCUT2D eigenvalue weighted by atomic mass is 10.2. The van der Waals surface area contributed by atoms with Crippen molar-refractivity contribution >= 4 is 21.6 Å². The van der Waals surface area contributed by atoms with Crippen molar-refractivity contribution < 1.29 is 4.74 Å². The Bertz CT molecular complexity index is 485. The van der Waals surface area contributed by atoms with E-state index in [0.29, 0.717) is 17.0 Å². The number of anilines is 1. The molecule has 1 fully saturated rings. The van der Waals surface area contributed by atoms with Crippen molar-refractivity contribution in [2.24, 2.45) is 5.92 Å². The smallest absolute Gasteiger partial charge is 0.283 e. The third-order valence-electron chi connectivity index (χ3n) is 3.27. The molecule has 1 N–H and O–H groups in total. The molecule has 0 spiro atoms. The van der Waals surface area contributed by atoms with Gasteiger partial charge in [0.05, 0.1) is 11.9 Å². The van der Waals surface area contributed by atoms with Crippen LogP contribution in [0.25, 0.3) is 0 Å². The summed E-state index contributed by atoms with van der Waals surface area (Å²) >= 11 is 3.37. The second-order valence-corrected chi connectivity index (χ2v) is 5.92. The lowest BCUT2D eigenvalue weighted by Gasteiger charge is -2.16. The van der Waals surface area contributed by atoms with Gasteiger partial charge in [0, 0.05) is 26.3 Å². The molecule has 1 aromatic rings. The second kappa shape index (κ2) is 6.52. The first-order chi connectivity index (χ1) is 9.11. The zero-order valence-electron chi connectivity index (χ0n) is 11.4. The zero-order chi connectivity index (χ0) is 13.8. The molecule has 0 radical (unpaired) electrons. The van der Waals surface area contributed by atoms with Gasteiger partial charge in [-0.25, -0.2) is 4.68 Å². The Morgan fingerprint density at radius 3 is 3.00 bits per heavy atom. The molecule has 0 amide bonds. The van der Waals surface area contributed by atoms with E-state index < -0.39 is 0 Å². The van der Waals surface area contributed by atoms with Crippen molar-refractivity contribution in [3.8, 4) is 0 Å². The molecule has 1 saturated carbocycles. The van der Waals surface area contributed by atoms with Crippen molar-refractivity contribution in [1.29, 1.82) is 0 Å². The standard InChI is InChI=1S/C13H20BrN3O2/c1-9(5-6-19-2)16-11-7-15-17(8-10-3-4-10)13(18)12(11)14/h7,9-10,16H,3-6,8H2,1-2H3. The summed E-state index contributed by atoms with van der Waals surface area (Å²) in [6, 6.07) is 0.233. The van der Waals surface area contributed by atoms with E-state index in [-0.39, 0.29) is 11.6 Å². The van der Waals surface area contributed by atoms with Crippen LogP contribution in [0.1, 0.15) is 26.2 Å². The second-order valence-electron chi connectivity index (χ2n) is 5.13. The molecule has 0 aliphatic heterocycles. The van der Waals surface area contributed by atoms with E-state index in [9.17, 15) is 4.79 Å². The van der Waals surface area contributed by atoms with Crippen molar-refractivity contribution in [3.05, 3.63) is 21.0 Å². The first-order valence-corrected chi connectivity index (χ1v) is 7.42. The minimum absolute atomic E-state index is 0.0594. The predicted octanol–water partition coefficient (Wildman–Crippen LogP) is 2.25. The van der Waals surface area contributed by atoms with Gasteiger partial charge >= 0.3 is 0 Å². The van der Waals surface area contributed by atoms with Crippen LogP contribution in [0.2, 0.25) is 0 Å². The molecule has 1 unspecified atom stereocenters. The monoisotopic (exact) mass is 329 g/mol. The van der Waals surface area contributed by atoms with Crippen LogP contribution in [0, 0.1) is 5.92 Å². The third-order valence-corrected chi connectivity index (χ3v) is 4.04. The summed E-state index contributed by atoms with van der Waals surface area (Å²) in [4.78, 5) is 12.1. The molecule has 1 heterocycles. The summed E-state index contributed by atoms with van der Waals surface area (Å²) in [6.07, 6.45) is 5.02. The van der Waals surface area contributed by atoms with E-state index in [1.54, 1.807) is 18.0 Å². The number of aromatic nitrogens is 2. The summed E-state index contributed by atoms with van der Waals surface area (Å²) in [7, 11) is 1.68. The van der Waals surface area contributed by atoms with Gasteiger partial charge in [-0.3, -0.25) is 4.79 Å². The van der Waals surface area contributed by atoms with Gasteiger partial charge in [0.15, 0.2) is 0 Å². The number of nitrogens with zero attached hydrogens (tertiary/aromatic N) is 2. The summed E-state index contributed by atoms with van der Waals surface area (Å²) < 4.78 is 7.15. The maximum atomic E-state index is 12.1. The lowest BCUT2D eigenvalue weighted by Crippen LogP contribution is -2.27. The summed E-state index contributed by atoms with van der Waals surface area (Å²) in [5, 5.41) is 7.51. The number of hydrogen-bond acceptors (Lipinski definition) is 4. The van der Waals surface area contributed by atoms with Gasteiger partial charge in [-0.15, -0.1) is 0 Å². The van der Waals surface area contributed by atoms with E-state index in [1.807, 2.05) is 0 Å². The van der Waals surface area contributed by atoms with Crippen molar-refractivity contribution in [1.82, 2.24) is 9.78 Å². The number of rotatable bonds is 7. The van der Waals surface area contributed by atoms with Crippen LogP contribution in [-0.4, -0.2) is 29.5 Å². The molecule has 5 nitrogen and oxygen atoms in total. The third kappa shape index (κ3) is 4.04. The first-order valence-electron chi connectivity index (χ1n) is 6.63. The molecule has 106 valence electrons. The van der Waals surface area contributed by atoms with Gasteiger partial charge < -0.3 is 10.1 Å². The molecule has 1 aliphatic carbocycles.